The highest BCUT2D eigenvalue weighted by Crippen LogP contribution is 2.13. The molecule has 7 heteroatoms. The Morgan fingerprint density at radius 3 is 2.53 bits per heavy atom. The Kier molecular flexibility index (Phi) is 6.95. The summed E-state index contributed by atoms with van der Waals surface area (Å²) in [4.78, 5) is 43.5. The van der Waals surface area contributed by atoms with Crippen molar-refractivity contribution in [2.75, 3.05) is 6.54 Å². The van der Waals surface area contributed by atoms with E-state index in [1.165, 1.54) is 6.92 Å². The molecule has 0 unspecified atom stereocenters. The van der Waals surface area contributed by atoms with Gasteiger partial charge in [0.2, 0.25) is 0 Å². The van der Waals surface area contributed by atoms with Gasteiger partial charge in [-0.1, -0.05) is 49.4 Å². The first-order valence-electron chi connectivity index (χ1n) is 9.94. The molecule has 0 aliphatic heterocycles. The minimum Gasteiger partial charge on any atom is -0.453 e. The lowest BCUT2D eigenvalue weighted by atomic mass is 10.0. The molecule has 0 fully saturated rings. The molecule has 2 atom stereocenters. The maximum absolute atomic E-state index is 12.2. The van der Waals surface area contributed by atoms with E-state index in [-0.39, 0.29) is 30.2 Å². The highest BCUT2D eigenvalue weighted by atomic mass is 16.5. The first-order chi connectivity index (χ1) is 14.4. The summed E-state index contributed by atoms with van der Waals surface area (Å²) < 4.78 is 5.22. The summed E-state index contributed by atoms with van der Waals surface area (Å²) in [5.41, 5.74) is 1.45. The zero-order chi connectivity index (χ0) is 21.5. The quantitative estimate of drug-likeness (QED) is 0.559. The zero-order valence-electron chi connectivity index (χ0n) is 17.1. The molecule has 2 N–H and O–H groups in total. The van der Waals surface area contributed by atoms with Crippen LogP contribution in [0.25, 0.3) is 10.9 Å². The first-order valence-corrected chi connectivity index (χ1v) is 9.94. The average molecular weight is 407 g/mol. The van der Waals surface area contributed by atoms with Gasteiger partial charge >= 0.3 is 5.97 Å². The van der Waals surface area contributed by atoms with Gasteiger partial charge in [-0.25, -0.2) is 4.98 Å². The number of carbonyl (C=O) groups excluding carboxylic acids is 2. The standard InChI is InChI=1S/C23H25N3O4/c1-15(17-8-4-3-5-9-17)14-24-22(28)16(2)30-21(27)13-12-20-25-19-11-7-6-10-18(19)23(29)26-20/h3-11,15-16H,12-14H2,1-2H3,(H,24,28)(H,25,26,29)/t15-,16+/m0/s1. The molecule has 0 spiro atoms. The van der Waals surface area contributed by atoms with Crippen LogP contribution < -0.4 is 10.9 Å². The van der Waals surface area contributed by atoms with E-state index in [9.17, 15) is 14.4 Å². The summed E-state index contributed by atoms with van der Waals surface area (Å²) in [7, 11) is 0. The number of amides is 1. The summed E-state index contributed by atoms with van der Waals surface area (Å²) >= 11 is 0. The number of hydrogen-bond acceptors (Lipinski definition) is 5. The summed E-state index contributed by atoms with van der Waals surface area (Å²) in [6.07, 6.45) is -0.665. The topological polar surface area (TPSA) is 101 Å². The Morgan fingerprint density at radius 1 is 1.07 bits per heavy atom. The SMILES string of the molecule is C[C@@H](OC(=O)CCc1nc2ccccc2c(=O)[nH]1)C(=O)NC[C@H](C)c1ccccc1. The molecule has 0 saturated heterocycles. The molecule has 0 radical (unpaired) electrons. The van der Waals surface area contributed by atoms with Crippen molar-refractivity contribution in [3.05, 3.63) is 76.3 Å². The van der Waals surface area contributed by atoms with Crippen LogP contribution in [0.3, 0.4) is 0 Å². The van der Waals surface area contributed by atoms with Gasteiger partial charge in [0, 0.05) is 13.0 Å². The average Bonchev–Trinajstić information content (AvgIpc) is 2.76. The largest absolute Gasteiger partial charge is 0.453 e. The van der Waals surface area contributed by atoms with Crippen molar-refractivity contribution < 1.29 is 14.3 Å². The Hall–Kier alpha value is -3.48. The van der Waals surface area contributed by atoms with Gasteiger partial charge in [0.15, 0.2) is 6.10 Å². The highest BCUT2D eigenvalue weighted by molar-refractivity contribution is 5.83. The van der Waals surface area contributed by atoms with E-state index in [1.807, 2.05) is 37.3 Å². The molecule has 0 bridgehead atoms. The molecule has 0 saturated carbocycles. The fourth-order valence-electron chi connectivity index (χ4n) is 3.08. The number of aromatic nitrogens is 2. The van der Waals surface area contributed by atoms with Crippen LogP contribution in [0.5, 0.6) is 0 Å². The van der Waals surface area contributed by atoms with Crippen LogP contribution in [-0.2, 0) is 20.7 Å². The predicted molar refractivity (Wildman–Crippen MR) is 114 cm³/mol. The normalized spacial score (nSPS) is 12.9. The maximum Gasteiger partial charge on any atom is 0.307 e. The van der Waals surface area contributed by atoms with Crippen LogP contribution in [0.2, 0.25) is 0 Å². The minimum atomic E-state index is -0.899. The summed E-state index contributed by atoms with van der Waals surface area (Å²) in [5.74, 6) is -0.314. The lowest BCUT2D eigenvalue weighted by Gasteiger charge is -2.16. The molecule has 3 aromatic rings. The van der Waals surface area contributed by atoms with Crippen molar-refractivity contribution in [3.63, 3.8) is 0 Å². The zero-order valence-corrected chi connectivity index (χ0v) is 17.1. The molecule has 3 rings (SSSR count). The third kappa shape index (κ3) is 5.53. The van der Waals surface area contributed by atoms with Crippen molar-refractivity contribution in [3.8, 4) is 0 Å². The molecule has 156 valence electrons. The van der Waals surface area contributed by atoms with E-state index in [0.29, 0.717) is 23.3 Å². The van der Waals surface area contributed by atoms with Crippen molar-refractivity contribution >= 4 is 22.8 Å². The van der Waals surface area contributed by atoms with Crippen molar-refractivity contribution in [2.24, 2.45) is 0 Å². The third-order valence-electron chi connectivity index (χ3n) is 4.86. The minimum absolute atomic E-state index is 0.0132. The molecule has 1 amide bonds. The number of benzene rings is 2. The van der Waals surface area contributed by atoms with Crippen molar-refractivity contribution in [1.82, 2.24) is 15.3 Å². The third-order valence-corrected chi connectivity index (χ3v) is 4.86. The number of nitrogens with zero attached hydrogens (tertiary/aromatic N) is 1. The van der Waals surface area contributed by atoms with E-state index >= 15 is 0 Å². The fraction of sp³-hybridized carbons (Fsp3) is 0.304. The smallest absolute Gasteiger partial charge is 0.307 e. The lowest BCUT2D eigenvalue weighted by molar-refractivity contribution is -0.154. The van der Waals surface area contributed by atoms with Gasteiger partial charge in [0.25, 0.3) is 11.5 Å². The van der Waals surface area contributed by atoms with E-state index in [0.717, 1.165) is 5.56 Å². The number of H-pyrrole nitrogens is 1. The first kappa shape index (κ1) is 21.2. The molecule has 1 heterocycles. The number of aromatic amines is 1. The van der Waals surface area contributed by atoms with E-state index in [4.69, 9.17) is 4.74 Å². The van der Waals surface area contributed by atoms with Crippen LogP contribution in [-0.4, -0.2) is 34.5 Å². The number of ether oxygens (including phenoxy) is 1. The van der Waals surface area contributed by atoms with Gasteiger partial charge in [-0.2, -0.15) is 0 Å². The molecule has 30 heavy (non-hydrogen) atoms. The number of carbonyl (C=O) groups is 2. The lowest BCUT2D eigenvalue weighted by Crippen LogP contribution is -2.37. The Morgan fingerprint density at radius 2 is 1.77 bits per heavy atom. The summed E-state index contributed by atoms with van der Waals surface area (Å²) in [6, 6.07) is 16.9. The van der Waals surface area contributed by atoms with Crippen LogP contribution >= 0.6 is 0 Å². The second-order valence-corrected chi connectivity index (χ2v) is 7.22. The molecular formula is C23H25N3O4. The number of rotatable bonds is 8. The summed E-state index contributed by atoms with van der Waals surface area (Å²) in [5, 5.41) is 3.31. The molecule has 2 aromatic carbocycles. The summed E-state index contributed by atoms with van der Waals surface area (Å²) in [6.45, 7) is 4.01. The van der Waals surface area contributed by atoms with Gasteiger partial charge in [0.1, 0.15) is 5.82 Å². The van der Waals surface area contributed by atoms with Crippen LogP contribution in [0.4, 0.5) is 0 Å². The van der Waals surface area contributed by atoms with Crippen molar-refractivity contribution in [1.29, 1.82) is 0 Å². The molecule has 0 aliphatic rings. The predicted octanol–water partition coefficient (Wildman–Crippen LogP) is 2.71. The number of hydrogen-bond donors (Lipinski definition) is 2. The number of esters is 1. The molecule has 0 aliphatic carbocycles. The van der Waals surface area contributed by atoms with Gasteiger partial charge in [-0.05, 0) is 30.5 Å². The molecule has 1 aromatic heterocycles. The number of fused-ring (bicyclic) bond motifs is 1. The Labute approximate surface area is 174 Å². The van der Waals surface area contributed by atoms with Crippen LogP contribution in [0, 0.1) is 0 Å². The van der Waals surface area contributed by atoms with E-state index in [1.54, 1.807) is 24.3 Å². The number of para-hydroxylation sites is 1. The second kappa shape index (κ2) is 9.82. The monoisotopic (exact) mass is 407 g/mol. The Bertz CT molecular complexity index is 1080. The maximum atomic E-state index is 12.2. The number of aryl methyl sites for hydroxylation is 1. The number of nitrogens with one attached hydrogen (secondary N) is 2. The van der Waals surface area contributed by atoms with E-state index in [2.05, 4.69) is 15.3 Å². The Balaban J connectivity index is 1.47. The van der Waals surface area contributed by atoms with Crippen LogP contribution in [0.1, 0.15) is 37.6 Å². The van der Waals surface area contributed by atoms with E-state index < -0.39 is 12.1 Å². The van der Waals surface area contributed by atoms with Gasteiger partial charge < -0.3 is 15.0 Å². The van der Waals surface area contributed by atoms with Gasteiger partial charge in [0.05, 0.1) is 17.3 Å². The fourth-order valence-corrected chi connectivity index (χ4v) is 3.08. The van der Waals surface area contributed by atoms with Crippen molar-refractivity contribution in [2.45, 2.75) is 38.7 Å². The second-order valence-electron chi connectivity index (χ2n) is 7.22. The van der Waals surface area contributed by atoms with Crippen LogP contribution in [0.15, 0.2) is 59.4 Å². The highest BCUT2D eigenvalue weighted by Gasteiger charge is 2.19. The van der Waals surface area contributed by atoms with Gasteiger partial charge in [-0.15, -0.1) is 0 Å². The molecular weight excluding hydrogens is 382 g/mol. The molecule has 7 nitrogen and oxygen atoms in total. The van der Waals surface area contributed by atoms with Gasteiger partial charge in [-0.3, -0.25) is 14.4 Å².